The van der Waals surface area contributed by atoms with Crippen molar-refractivity contribution >= 4 is 17.2 Å². The van der Waals surface area contributed by atoms with Crippen LogP contribution in [0.25, 0.3) is 0 Å². The van der Waals surface area contributed by atoms with E-state index in [-0.39, 0.29) is 12.5 Å². The number of carbonyl (C=O) groups excluding carboxylic acids is 1. The molecule has 1 aromatic heterocycles. The van der Waals surface area contributed by atoms with Crippen LogP contribution in [0, 0.1) is 0 Å². The van der Waals surface area contributed by atoms with Gasteiger partial charge in [-0.2, -0.15) is 0 Å². The zero-order valence-electron chi connectivity index (χ0n) is 8.41. The summed E-state index contributed by atoms with van der Waals surface area (Å²) in [4.78, 5) is 11.9. The van der Waals surface area contributed by atoms with Crippen LogP contribution in [0.3, 0.4) is 0 Å². The molecule has 14 heavy (non-hydrogen) atoms. The van der Waals surface area contributed by atoms with Gasteiger partial charge < -0.3 is 10.4 Å². The molecular weight excluding hydrogens is 198 g/mol. The molecule has 78 valence electrons. The topological polar surface area (TPSA) is 49.3 Å². The van der Waals surface area contributed by atoms with Gasteiger partial charge in [0, 0.05) is 11.3 Å². The molecule has 0 saturated heterocycles. The SMILES string of the molecule is CCC(=O)NCC(C)(O)c1cccs1. The average Bonchev–Trinajstić information content (AvgIpc) is 2.67. The fourth-order valence-electron chi connectivity index (χ4n) is 1.07. The van der Waals surface area contributed by atoms with Crippen molar-refractivity contribution in [2.75, 3.05) is 6.54 Å². The van der Waals surface area contributed by atoms with Crippen molar-refractivity contribution in [3.8, 4) is 0 Å². The van der Waals surface area contributed by atoms with E-state index in [0.29, 0.717) is 6.42 Å². The maximum absolute atomic E-state index is 11.0. The van der Waals surface area contributed by atoms with Crippen LogP contribution < -0.4 is 5.32 Å². The van der Waals surface area contributed by atoms with Gasteiger partial charge in [-0.1, -0.05) is 13.0 Å². The smallest absolute Gasteiger partial charge is 0.219 e. The molecule has 0 aliphatic heterocycles. The van der Waals surface area contributed by atoms with Crippen molar-refractivity contribution in [1.29, 1.82) is 0 Å². The molecule has 2 N–H and O–H groups in total. The Labute approximate surface area is 87.8 Å². The largest absolute Gasteiger partial charge is 0.383 e. The predicted octanol–water partition coefficient (Wildman–Crippen LogP) is 1.48. The van der Waals surface area contributed by atoms with E-state index in [1.807, 2.05) is 17.5 Å². The normalized spacial score (nSPS) is 14.8. The average molecular weight is 213 g/mol. The van der Waals surface area contributed by atoms with Crippen LogP contribution in [0.15, 0.2) is 17.5 Å². The van der Waals surface area contributed by atoms with Crippen LogP contribution in [0.1, 0.15) is 25.1 Å². The van der Waals surface area contributed by atoms with E-state index in [1.54, 1.807) is 13.8 Å². The zero-order valence-corrected chi connectivity index (χ0v) is 9.23. The van der Waals surface area contributed by atoms with Gasteiger partial charge in [-0.25, -0.2) is 0 Å². The molecular formula is C10H15NO2S. The number of nitrogens with one attached hydrogen (secondary N) is 1. The Morgan fingerprint density at radius 3 is 2.93 bits per heavy atom. The molecule has 0 aliphatic rings. The van der Waals surface area contributed by atoms with Gasteiger partial charge >= 0.3 is 0 Å². The summed E-state index contributed by atoms with van der Waals surface area (Å²) in [6, 6.07) is 3.75. The number of hydrogen-bond acceptors (Lipinski definition) is 3. The number of hydrogen-bond donors (Lipinski definition) is 2. The van der Waals surface area contributed by atoms with E-state index in [1.165, 1.54) is 11.3 Å². The van der Waals surface area contributed by atoms with E-state index in [0.717, 1.165) is 4.88 Å². The number of thiophene rings is 1. The summed E-state index contributed by atoms with van der Waals surface area (Å²) in [5.74, 6) is -0.0400. The number of amides is 1. The fourth-order valence-corrected chi connectivity index (χ4v) is 1.85. The Balaban J connectivity index is 2.54. The lowest BCUT2D eigenvalue weighted by molar-refractivity contribution is -0.121. The molecule has 1 heterocycles. The third-order valence-electron chi connectivity index (χ3n) is 2.00. The van der Waals surface area contributed by atoms with Gasteiger partial charge in [-0.3, -0.25) is 4.79 Å². The first-order chi connectivity index (χ1) is 6.56. The van der Waals surface area contributed by atoms with E-state index in [2.05, 4.69) is 5.32 Å². The Bertz CT molecular complexity index is 293. The summed E-state index contributed by atoms with van der Waals surface area (Å²) in [5, 5.41) is 14.6. The second kappa shape index (κ2) is 4.57. The molecule has 1 unspecified atom stereocenters. The van der Waals surface area contributed by atoms with E-state index >= 15 is 0 Å². The highest BCUT2D eigenvalue weighted by atomic mass is 32.1. The van der Waals surface area contributed by atoms with Gasteiger partial charge in [-0.15, -0.1) is 11.3 Å². The van der Waals surface area contributed by atoms with Crippen LogP contribution in [0.2, 0.25) is 0 Å². The highest BCUT2D eigenvalue weighted by Gasteiger charge is 2.24. The van der Waals surface area contributed by atoms with Crippen molar-refractivity contribution in [3.63, 3.8) is 0 Å². The van der Waals surface area contributed by atoms with Crippen LogP contribution in [0.4, 0.5) is 0 Å². The quantitative estimate of drug-likeness (QED) is 0.796. The maximum atomic E-state index is 11.0. The van der Waals surface area contributed by atoms with Crippen molar-refractivity contribution < 1.29 is 9.90 Å². The minimum absolute atomic E-state index is 0.0400. The van der Waals surface area contributed by atoms with Gasteiger partial charge in [-0.05, 0) is 18.4 Å². The molecule has 3 nitrogen and oxygen atoms in total. The zero-order chi connectivity index (χ0) is 10.6. The van der Waals surface area contributed by atoms with E-state index in [4.69, 9.17) is 0 Å². The van der Waals surface area contributed by atoms with Crippen LogP contribution in [-0.4, -0.2) is 17.6 Å². The fraction of sp³-hybridized carbons (Fsp3) is 0.500. The second-order valence-corrected chi connectivity index (χ2v) is 4.33. The van der Waals surface area contributed by atoms with Crippen LogP contribution >= 0.6 is 11.3 Å². The molecule has 0 spiro atoms. The van der Waals surface area contributed by atoms with Gasteiger partial charge in [0.05, 0.1) is 6.54 Å². The van der Waals surface area contributed by atoms with Gasteiger partial charge in [0.25, 0.3) is 0 Å². The second-order valence-electron chi connectivity index (χ2n) is 3.38. The lowest BCUT2D eigenvalue weighted by Gasteiger charge is -2.22. The van der Waals surface area contributed by atoms with Crippen molar-refractivity contribution in [2.24, 2.45) is 0 Å². The first-order valence-electron chi connectivity index (χ1n) is 4.59. The maximum Gasteiger partial charge on any atom is 0.219 e. The Hall–Kier alpha value is -0.870. The number of aliphatic hydroxyl groups is 1. The number of rotatable bonds is 4. The van der Waals surface area contributed by atoms with Crippen LogP contribution in [0.5, 0.6) is 0 Å². The van der Waals surface area contributed by atoms with E-state index in [9.17, 15) is 9.90 Å². The molecule has 1 amide bonds. The first kappa shape index (κ1) is 11.2. The molecule has 1 atom stereocenters. The minimum Gasteiger partial charge on any atom is -0.383 e. The molecule has 0 aromatic carbocycles. The highest BCUT2D eigenvalue weighted by Crippen LogP contribution is 2.24. The third-order valence-corrected chi connectivity index (χ3v) is 3.13. The Kier molecular flexibility index (Phi) is 3.66. The third kappa shape index (κ3) is 2.82. The van der Waals surface area contributed by atoms with Crippen molar-refractivity contribution in [1.82, 2.24) is 5.32 Å². The summed E-state index contributed by atoms with van der Waals surface area (Å²) in [6.45, 7) is 3.75. The molecule has 4 heteroatoms. The molecule has 0 aliphatic carbocycles. The summed E-state index contributed by atoms with van der Waals surface area (Å²) in [5.41, 5.74) is -0.959. The van der Waals surface area contributed by atoms with Gasteiger partial charge in [0.15, 0.2) is 0 Å². The first-order valence-corrected chi connectivity index (χ1v) is 5.47. The molecule has 0 radical (unpaired) electrons. The monoisotopic (exact) mass is 213 g/mol. The van der Waals surface area contributed by atoms with Crippen molar-refractivity contribution in [2.45, 2.75) is 25.9 Å². The van der Waals surface area contributed by atoms with E-state index < -0.39 is 5.60 Å². The molecule has 0 saturated carbocycles. The lowest BCUT2D eigenvalue weighted by atomic mass is 10.1. The standard InChI is InChI=1S/C10H15NO2S/c1-3-9(12)11-7-10(2,13)8-5-4-6-14-8/h4-6,13H,3,7H2,1-2H3,(H,11,12). The molecule has 1 rings (SSSR count). The molecule has 1 aromatic rings. The highest BCUT2D eigenvalue weighted by molar-refractivity contribution is 7.10. The van der Waals surface area contributed by atoms with Crippen molar-refractivity contribution in [3.05, 3.63) is 22.4 Å². The van der Waals surface area contributed by atoms with Crippen LogP contribution in [-0.2, 0) is 10.4 Å². The number of carbonyl (C=O) groups is 1. The summed E-state index contributed by atoms with van der Waals surface area (Å²) < 4.78 is 0. The molecule has 0 fully saturated rings. The van der Waals surface area contributed by atoms with Gasteiger partial charge in [0.1, 0.15) is 5.60 Å². The predicted molar refractivity (Wildman–Crippen MR) is 57.2 cm³/mol. The molecule has 0 bridgehead atoms. The summed E-state index contributed by atoms with van der Waals surface area (Å²) in [6.07, 6.45) is 0.445. The Morgan fingerprint density at radius 2 is 2.43 bits per heavy atom. The minimum atomic E-state index is -0.959. The van der Waals surface area contributed by atoms with Gasteiger partial charge in [0.2, 0.25) is 5.91 Å². The Morgan fingerprint density at radius 1 is 1.71 bits per heavy atom. The lowest BCUT2D eigenvalue weighted by Crippen LogP contribution is -2.37. The summed E-state index contributed by atoms with van der Waals surface area (Å²) in [7, 11) is 0. The summed E-state index contributed by atoms with van der Waals surface area (Å²) >= 11 is 1.49.